The van der Waals surface area contributed by atoms with Crippen LogP contribution in [0, 0.1) is 0 Å². The number of hydrogen-bond donors (Lipinski definition) is 1. The number of benzene rings is 1. The summed E-state index contributed by atoms with van der Waals surface area (Å²) in [6.07, 6.45) is 5.52. The zero-order valence-corrected chi connectivity index (χ0v) is 11.5. The van der Waals surface area contributed by atoms with Gasteiger partial charge in [-0.3, -0.25) is 4.90 Å². The smallest absolute Gasteiger partial charge is 0.328 e. The van der Waals surface area contributed by atoms with Gasteiger partial charge < -0.3 is 5.11 Å². The number of azo groups is 1. The molecule has 1 N–H and O–H groups in total. The zero-order chi connectivity index (χ0) is 14.6. The van der Waals surface area contributed by atoms with Crippen molar-refractivity contribution in [3.8, 4) is 0 Å². The molecule has 0 spiro atoms. The van der Waals surface area contributed by atoms with Crippen molar-refractivity contribution >= 4 is 11.7 Å². The number of likely N-dealkylation sites (N-methyl/N-ethyl adjacent to an activating group) is 1. The van der Waals surface area contributed by atoms with Crippen molar-refractivity contribution in [1.82, 2.24) is 4.90 Å². The van der Waals surface area contributed by atoms with E-state index >= 15 is 0 Å². The summed E-state index contributed by atoms with van der Waals surface area (Å²) in [6.45, 7) is 0. The Morgan fingerprint density at radius 1 is 1.25 bits per heavy atom. The largest absolute Gasteiger partial charge is 0.480 e. The monoisotopic (exact) mass is 271 g/mol. The van der Waals surface area contributed by atoms with Crippen LogP contribution in [0.1, 0.15) is 6.42 Å². The van der Waals surface area contributed by atoms with Gasteiger partial charge in [-0.2, -0.15) is 10.2 Å². The molecule has 0 amide bonds. The number of rotatable bonds is 4. The predicted molar refractivity (Wildman–Crippen MR) is 76.9 cm³/mol. The van der Waals surface area contributed by atoms with Crippen LogP contribution >= 0.6 is 0 Å². The lowest BCUT2D eigenvalue weighted by Crippen LogP contribution is -2.49. The van der Waals surface area contributed by atoms with E-state index in [1.165, 1.54) is 0 Å². The Morgan fingerprint density at radius 3 is 2.45 bits per heavy atom. The molecule has 0 aliphatic heterocycles. The Bertz CT molecular complexity index is 576. The molecule has 0 aromatic heterocycles. The van der Waals surface area contributed by atoms with Gasteiger partial charge >= 0.3 is 5.97 Å². The van der Waals surface area contributed by atoms with E-state index in [0.717, 1.165) is 5.69 Å². The SMILES string of the molecule is CN(C)C1(C(=O)O)C=CC(N=Nc2ccccc2)=CC1. The molecule has 104 valence electrons. The molecule has 1 aliphatic rings. The summed E-state index contributed by atoms with van der Waals surface area (Å²) in [7, 11) is 3.51. The van der Waals surface area contributed by atoms with Gasteiger partial charge in [-0.25, -0.2) is 4.79 Å². The summed E-state index contributed by atoms with van der Waals surface area (Å²) in [5.74, 6) is -0.867. The van der Waals surface area contributed by atoms with Gasteiger partial charge in [-0.05, 0) is 32.3 Å². The van der Waals surface area contributed by atoms with Crippen molar-refractivity contribution < 1.29 is 9.90 Å². The van der Waals surface area contributed by atoms with Crippen LogP contribution in [0.15, 0.2) is 64.5 Å². The molecular weight excluding hydrogens is 254 g/mol. The maximum absolute atomic E-state index is 11.4. The van der Waals surface area contributed by atoms with Crippen LogP contribution in [0.4, 0.5) is 5.69 Å². The molecule has 5 heteroatoms. The number of nitrogens with zero attached hydrogens (tertiary/aromatic N) is 3. The molecule has 0 heterocycles. The third-order valence-corrected chi connectivity index (χ3v) is 3.36. The molecule has 2 rings (SSSR count). The van der Waals surface area contributed by atoms with Gasteiger partial charge in [0.2, 0.25) is 0 Å². The second kappa shape index (κ2) is 5.79. The van der Waals surface area contributed by atoms with Crippen molar-refractivity contribution in [1.29, 1.82) is 0 Å². The van der Waals surface area contributed by atoms with Crippen LogP contribution in [-0.4, -0.2) is 35.6 Å². The lowest BCUT2D eigenvalue weighted by atomic mass is 9.89. The number of carboxylic acid groups (broad SMARTS) is 1. The maximum atomic E-state index is 11.4. The average molecular weight is 271 g/mol. The van der Waals surface area contributed by atoms with E-state index in [0.29, 0.717) is 12.1 Å². The topological polar surface area (TPSA) is 65.3 Å². The van der Waals surface area contributed by atoms with E-state index in [-0.39, 0.29) is 0 Å². The Balaban J connectivity index is 2.13. The quantitative estimate of drug-likeness (QED) is 0.856. The molecule has 0 bridgehead atoms. The summed E-state index contributed by atoms with van der Waals surface area (Å²) in [4.78, 5) is 13.1. The second-order valence-electron chi connectivity index (χ2n) is 4.83. The van der Waals surface area contributed by atoms with Gasteiger partial charge in [-0.1, -0.05) is 30.4 Å². The van der Waals surface area contributed by atoms with Crippen LogP contribution in [0.25, 0.3) is 0 Å². The van der Waals surface area contributed by atoms with Crippen molar-refractivity contribution in [2.75, 3.05) is 14.1 Å². The van der Waals surface area contributed by atoms with Crippen molar-refractivity contribution in [3.63, 3.8) is 0 Å². The van der Waals surface area contributed by atoms with E-state index in [2.05, 4.69) is 10.2 Å². The lowest BCUT2D eigenvalue weighted by molar-refractivity contribution is -0.146. The minimum Gasteiger partial charge on any atom is -0.480 e. The van der Waals surface area contributed by atoms with E-state index in [9.17, 15) is 9.90 Å². The number of hydrogen-bond acceptors (Lipinski definition) is 4. The molecule has 0 fully saturated rings. The van der Waals surface area contributed by atoms with Crippen LogP contribution in [0.2, 0.25) is 0 Å². The highest BCUT2D eigenvalue weighted by molar-refractivity contribution is 5.82. The zero-order valence-electron chi connectivity index (χ0n) is 11.5. The first-order chi connectivity index (χ1) is 9.54. The van der Waals surface area contributed by atoms with Gasteiger partial charge in [-0.15, -0.1) is 0 Å². The normalized spacial score (nSPS) is 22.2. The molecule has 1 aromatic rings. The van der Waals surface area contributed by atoms with Gasteiger partial charge in [0, 0.05) is 6.42 Å². The molecule has 20 heavy (non-hydrogen) atoms. The Kier molecular flexibility index (Phi) is 4.10. The van der Waals surface area contributed by atoms with Gasteiger partial charge in [0.1, 0.15) is 5.54 Å². The molecule has 1 aliphatic carbocycles. The Labute approximate surface area is 117 Å². The van der Waals surface area contributed by atoms with Crippen LogP contribution in [0.5, 0.6) is 0 Å². The van der Waals surface area contributed by atoms with Crippen molar-refractivity contribution in [2.24, 2.45) is 10.2 Å². The first-order valence-corrected chi connectivity index (χ1v) is 6.31. The fourth-order valence-electron chi connectivity index (χ4n) is 1.99. The summed E-state index contributed by atoms with van der Waals surface area (Å²) in [6, 6.07) is 9.41. The Hall–Kier alpha value is -2.27. The van der Waals surface area contributed by atoms with Gasteiger partial charge in [0.25, 0.3) is 0 Å². The lowest BCUT2D eigenvalue weighted by Gasteiger charge is -2.33. The standard InChI is InChI=1S/C15H17N3O2/c1-18(2)15(14(19)20)10-8-13(9-11-15)17-16-12-6-4-3-5-7-12/h3-10H,11H2,1-2H3,(H,19,20). The second-order valence-corrected chi connectivity index (χ2v) is 4.83. The third-order valence-electron chi connectivity index (χ3n) is 3.36. The maximum Gasteiger partial charge on any atom is 0.328 e. The third kappa shape index (κ3) is 2.83. The predicted octanol–water partition coefficient (Wildman–Crippen LogP) is 3.00. The highest BCUT2D eigenvalue weighted by Gasteiger charge is 2.38. The Morgan fingerprint density at radius 2 is 1.95 bits per heavy atom. The summed E-state index contributed by atoms with van der Waals surface area (Å²) >= 11 is 0. The molecule has 1 atom stereocenters. The van der Waals surface area contributed by atoms with Crippen LogP contribution < -0.4 is 0 Å². The van der Waals surface area contributed by atoms with Gasteiger partial charge in [0.05, 0.1) is 11.4 Å². The van der Waals surface area contributed by atoms with E-state index in [4.69, 9.17) is 0 Å². The minimum absolute atomic E-state index is 0.370. The summed E-state index contributed by atoms with van der Waals surface area (Å²) in [5.41, 5.74) is 0.447. The molecule has 1 unspecified atom stereocenters. The van der Waals surface area contributed by atoms with Crippen molar-refractivity contribution in [3.05, 3.63) is 54.3 Å². The fourth-order valence-corrected chi connectivity index (χ4v) is 1.99. The molecule has 0 saturated heterocycles. The number of carbonyl (C=O) groups is 1. The molecule has 5 nitrogen and oxygen atoms in total. The van der Waals surface area contributed by atoms with E-state index < -0.39 is 11.5 Å². The molecule has 1 aromatic carbocycles. The first-order valence-electron chi connectivity index (χ1n) is 6.31. The molecule has 0 radical (unpaired) electrons. The highest BCUT2D eigenvalue weighted by Crippen LogP contribution is 2.27. The summed E-state index contributed by atoms with van der Waals surface area (Å²) in [5, 5.41) is 17.6. The molecular formula is C15H17N3O2. The van der Waals surface area contributed by atoms with E-state index in [1.807, 2.05) is 30.3 Å². The number of allylic oxidation sites excluding steroid dienone is 1. The minimum atomic E-state index is -0.994. The average Bonchev–Trinajstić information content (AvgIpc) is 2.46. The fraction of sp³-hybridized carbons (Fsp3) is 0.267. The van der Waals surface area contributed by atoms with E-state index in [1.54, 1.807) is 37.2 Å². The first kappa shape index (κ1) is 14.1. The van der Waals surface area contributed by atoms with Crippen molar-refractivity contribution in [2.45, 2.75) is 12.0 Å². The number of aliphatic carboxylic acids is 1. The van der Waals surface area contributed by atoms with Gasteiger partial charge in [0.15, 0.2) is 0 Å². The molecule has 0 saturated carbocycles. The van der Waals surface area contributed by atoms with Crippen LogP contribution in [-0.2, 0) is 4.79 Å². The highest BCUT2D eigenvalue weighted by atomic mass is 16.4. The van der Waals surface area contributed by atoms with Crippen LogP contribution in [0.3, 0.4) is 0 Å². The summed E-state index contributed by atoms with van der Waals surface area (Å²) < 4.78 is 0. The number of carboxylic acids is 1.